The highest BCUT2D eigenvalue weighted by atomic mass is 35.5. The zero-order chi connectivity index (χ0) is 19.2. The van der Waals surface area contributed by atoms with Gasteiger partial charge in [-0.3, -0.25) is 4.79 Å². The van der Waals surface area contributed by atoms with Gasteiger partial charge in [-0.25, -0.2) is 0 Å². The summed E-state index contributed by atoms with van der Waals surface area (Å²) in [5, 5.41) is 0.475. The number of hydrogen-bond acceptors (Lipinski definition) is 3. The van der Waals surface area contributed by atoms with E-state index in [0.717, 1.165) is 16.9 Å². The first-order chi connectivity index (χ1) is 13.1. The standard InChI is InChI=1S/C23H21ClO3/c1-3-26-20-12-9-18(10-13-20)23(25)16(2)27-22-14-11-19(15-21(22)24)17-7-5-4-6-8-17/h4-16H,3H2,1-2H3/t16-/m0/s1. The highest BCUT2D eigenvalue weighted by Crippen LogP contribution is 2.31. The largest absolute Gasteiger partial charge is 0.494 e. The second-order valence-corrected chi connectivity index (χ2v) is 6.50. The summed E-state index contributed by atoms with van der Waals surface area (Å²) in [5.74, 6) is 1.12. The van der Waals surface area contributed by atoms with Crippen molar-refractivity contribution in [2.75, 3.05) is 6.61 Å². The third kappa shape index (κ3) is 4.69. The van der Waals surface area contributed by atoms with Crippen molar-refractivity contribution >= 4 is 17.4 Å². The molecule has 0 heterocycles. The van der Waals surface area contributed by atoms with Crippen LogP contribution in [0.25, 0.3) is 11.1 Å². The fourth-order valence-corrected chi connectivity index (χ4v) is 2.99. The van der Waals surface area contributed by atoms with Gasteiger partial charge in [0.1, 0.15) is 11.5 Å². The quantitative estimate of drug-likeness (QED) is 0.467. The first kappa shape index (κ1) is 19.0. The van der Waals surface area contributed by atoms with Gasteiger partial charge in [0.05, 0.1) is 11.6 Å². The molecule has 0 saturated carbocycles. The van der Waals surface area contributed by atoms with Crippen LogP contribution >= 0.6 is 11.6 Å². The number of carbonyl (C=O) groups is 1. The maximum Gasteiger partial charge on any atom is 0.202 e. The number of halogens is 1. The number of rotatable bonds is 7. The van der Waals surface area contributed by atoms with Gasteiger partial charge in [-0.2, -0.15) is 0 Å². The highest BCUT2D eigenvalue weighted by Gasteiger charge is 2.18. The summed E-state index contributed by atoms with van der Waals surface area (Å²) < 4.78 is 11.2. The lowest BCUT2D eigenvalue weighted by molar-refractivity contribution is 0.0818. The van der Waals surface area contributed by atoms with Crippen LogP contribution in [0.1, 0.15) is 24.2 Å². The molecule has 27 heavy (non-hydrogen) atoms. The summed E-state index contributed by atoms with van der Waals surface area (Å²) in [5.41, 5.74) is 2.64. The van der Waals surface area contributed by atoms with Crippen LogP contribution < -0.4 is 9.47 Å². The SMILES string of the molecule is CCOc1ccc(C(=O)[C@H](C)Oc2ccc(-c3ccccc3)cc2Cl)cc1. The number of carbonyl (C=O) groups excluding carboxylic acids is 1. The molecule has 3 rings (SSSR count). The molecule has 0 bridgehead atoms. The molecule has 138 valence electrons. The van der Waals surface area contributed by atoms with Crippen molar-refractivity contribution in [2.45, 2.75) is 20.0 Å². The third-order valence-corrected chi connectivity index (χ3v) is 4.46. The minimum Gasteiger partial charge on any atom is -0.494 e. The molecule has 0 aliphatic rings. The summed E-state index contributed by atoms with van der Waals surface area (Å²) in [6.07, 6.45) is -0.650. The second-order valence-electron chi connectivity index (χ2n) is 6.09. The van der Waals surface area contributed by atoms with Crippen molar-refractivity contribution in [1.29, 1.82) is 0 Å². The van der Waals surface area contributed by atoms with Gasteiger partial charge in [0.2, 0.25) is 5.78 Å². The van der Waals surface area contributed by atoms with E-state index in [1.165, 1.54) is 0 Å². The predicted octanol–water partition coefficient (Wildman–Crippen LogP) is 6.06. The zero-order valence-corrected chi connectivity index (χ0v) is 16.1. The second kappa shape index (κ2) is 8.74. The first-order valence-electron chi connectivity index (χ1n) is 8.87. The molecule has 4 heteroatoms. The molecule has 0 aromatic heterocycles. The molecule has 1 atom stereocenters. The molecule has 0 saturated heterocycles. The lowest BCUT2D eigenvalue weighted by Gasteiger charge is -2.16. The maximum absolute atomic E-state index is 12.6. The van der Waals surface area contributed by atoms with Crippen LogP contribution in [-0.2, 0) is 0 Å². The summed E-state index contributed by atoms with van der Waals surface area (Å²) in [6.45, 7) is 4.23. The molecule has 0 amide bonds. The van der Waals surface area contributed by atoms with Crippen LogP contribution in [0.15, 0.2) is 72.8 Å². The zero-order valence-electron chi connectivity index (χ0n) is 15.3. The molecule has 3 aromatic rings. The van der Waals surface area contributed by atoms with Gasteiger partial charge in [-0.15, -0.1) is 0 Å². The normalized spacial score (nSPS) is 11.7. The molecule has 3 aromatic carbocycles. The Hall–Kier alpha value is -2.78. The molecule has 0 unspecified atom stereocenters. The lowest BCUT2D eigenvalue weighted by Crippen LogP contribution is -2.24. The average Bonchev–Trinajstić information content (AvgIpc) is 2.70. The number of ketones is 1. The Morgan fingerprint density at radius 3 is 2.30 bits per heavy atom. The summed E-state index contributed by atoms with van der Waals surface area (Å²) in [4.78, 5) is 12.6. The number of Topliss-reactive ketones (excluding diaryl/α,β-unsaturated/α-hetero) is 1. The molecule has 0 aliphatic heterocycles. The van der Waals surface area contributed by atoms with E-state index in [0.29, 0.717) is 22.9 Å². The van der Waals surface area contributed by atoms with Crippen molar-refractivity contribution in [3.63, 3.8) is 0 Å². The Morgan fingerprint density at radius 2 is 1.67 bits per heavy atom. The molecular weight excluding hydrogens is 360 g/mol. The molecule has 0 fully saturated rings. The summed E-state index contributed by atoms with van der Waals surface area (Å²) in [6, 6.07) is 22.6. The van der Waals surface area contributed by atoms with E-state index in [9.17, 15) is 4.79 Å². The van der Waals surface area contributed by atoms with Crippen LogP contribution in [0.3, 0.4) is 0 Å². The van der Waals surface area contributed by atoms with Crippen molar-refractivity contribution in [2.24, 2.45) is 0 Å². The van der Waals surface area contributed by atoms with Crippen LogP contribution in [0.5, 0.6) is 11.5 Å². The monoisotopic (exact) mass is 380 g/mol. The Kier molecular flexibility index (Phi) is 6.15. The van der Waals surface area contributed by atoms with Crippen molar-refractivity contribution in [1.82, 2.24) is 0 Å². The highest BCUT2D eigenvalue weighted by molar-refractivity contribution is 6.32. The van der Waals surface area contributed by atoms with Crippen LogP contribution in [0.4, 0.5) is 0 Å². The van der Waals surface area contributed by atoms with E-state index >= 15 is 0 Å². The third-order valence-electron chi connectivity index (χ3n) is 4.16. The number of ether oxygens (including phenoxy) is 2. The van der Waals surface area contributed by atoms with Gasteiger partial charge in [-0.1, -0.05) is 48.0 Å². The van der Waals surface area contributed by atoms with Gasteiger partial charge >= 0.3 is 0 Å². The minimum atomic E-state index is -0.650. The topological polar surface area (TPSA) is 35.5 Å². The molecule has 3 nitrogen and oxygen atoms in total. The smallest absolute Gasteiger partial charge is 0.202 e. The molecule has 0 radical (unpaired) electrons. The Labute approximate surface area is 164 Å². The van der Waals surface area contributed by atoms with Gasteiger partial charge in [0.15, 0.2) is 6.10 Å². The van der Waals surface area contributed by atoms with E-state index in [2.05, 4.69) is 0 Å². The fourth-order valence-electron chi connectivity index (χ4n) is 2.77. The van der Waals surface area contributed by atoms with E-state index < -0.39 is 6.10 Å². The van der Waals surface area contributed by atoms with Crippen LogP contribution in [0.2, 0.25) is 5.02 Å². The van der Waals surface area contributed by atoms with Gasteiger partial charge in [0, 0.05) is 5.56 Å². The predicted molar refractivity (Wildman–Crippen MR) is 109 cm³/mol. The fraction of sp³-hybridized carbons (Fsp3) is 0.174. The number of hydrogen-bond donors (Lipinski definition) is 0. The minimum absolute atomic E-state index is 0.110. The molecule has 0 N–H and O–H groups in total. The Balaban J connectivity index is 1.71. The van der Waals surface area contributed by atoms with Gasteiger partial charge in [0.25, 0.3) is 0 Å². The van der Waals surface area contributed by atoms with E-state index in [1.807, 2.05) is 49.4 Å². The molecular formula is C23H21ClO3. The summed E-state index contributed by atoms with van der Waals surface area (Å²) in [7, 11) is 0. The van der Waals surface area contributed by atoms with E-state index in [1.54, 1.807) is 37.3 Å². The molecule has 0 aliphatic carbocycles. The van der Waals surface area contributed by atoms with Gasteiger partial charge < -0.3 is 9.47 Å². The van der Waals surface area contributed by atoms with Crippen molar-refractivity contribution in [3.05, 3.63) is 83.4 Å². The molecule has 0 spiro atoms. The Bertz CT molecular complexity index is 905. The lowest BCUT2D eigenvalue weighted by atomic mass is 10.1. The van der Waals surface area contributed by atoms with Crippen LogP contribution in [0, 0.1) is 0 Å². The first-order valence-corrected chi connectivity index (χ1v) is 9.25. The summed E-state index contributed by atoms with van der Waals surface area (Å²) >= 11 is 6.38. The van der Waals surface area contributed by atoms with Crippen LogP contribution in [-0.4, -0.2) is 18.5 Å². The maximum atomic E-state index is 12.6. The van der Waals surface area contributed by atoms with Gasteiger partial charge in [-0.05, 0) is 61.4 Å². The van der Waals surface area contributed by atoms with E-state index in [-0.39, 0.29) is 5.78 Å². The van der Waals surface area contributed by atoms with E-state index in [4.69, 9.17) is 21.1 Å². The Morgan fingerprint density at radius 1 is 0.963 bits per heavy atom. The number of benzene rings is 3. The van der Waals surface area contributed by atoms with Crippen molar-refractivity contribution < 1.29 is 14.3 Å². The van der Waals surface area contributed by atoms with Crippen molar-refractivity contribution in [3.8, 4) is 22.6 Å². The average molecular weight is 381 g/mol.